The molecule has 0 bridgehead atoms. The Labute approximate surface area is 120 Å². The van der Waals surface area contributed by atoms with E-state index in [1.54, 1.807) is 6.07 Å². The van der Waals surface area contributed by atoms with Gasteiger partial charge in [0.2, 0.25) is 0 Å². The highest BCUT2D eigenvalue weighted by Crippen LogP contribution is 2.28. The van der Waals surface area contributed by atoms with Crippen molar-refractivity contribution < 1.29 is 13.9 Å². The van der Waals surface area contributed by atoms with Crippen molar-refractivity contribution in [3.8, 4) is 11.8 Å². The van der Waals surface area contributed by atoms with Gasteiger partial charge in [0.25, 0.3) is 5.91 Å². The minimum atomic E-state index is -0.613. The molecule has 5 heteroatoms. The number of carbonyl (C=O) groups is 1. The minimum Gasteiger partial charge on any atom is -0.480 e. The monoisotopic (exact) mass is 282 g/mol. The Kier molecular flexibility index (Phi) is 3.28. The predicted molar refractivity (Wildman–Crippen MR) is 74.3 cm³/mol. The average molecular weight is 282 g/mol. The summed E-state index contributed by atoms with van der Waals surface area (Å²) in [4.78, 5) is 12.2. The Bertz CT molecular complexity index is 727. The molecule has 2 aromatic rings. The maximum absolute atomic E-state index is 13.2. The Morgan fingerprint density at radius 1 is 1.33 bits per heavy atom. The van der Waals surface area contributed by atoms with Gasteiger partial charge >= 0.3 is 0 Å². The number of nitriles is 1. The van der Waals surface area contributed by atoms with Crippen molar-refractivity contribution in [2.75, 3.05) is 5.32 Å². The van der Waals surface area contributed by atoms with Gasteiger partial charge in [-0.05, 0) is 29.8 Å². The van der Waals surface area contributed by atoms with E-state index in [-0.39, 0.29) is 11.5 Å². The van der Waals surface area contributed by atoms with Crippen molar-refractivity contribution in [3.05, 3.63) is 59.4 Å². The number of fused-ring (bicyclic) bond motifs is 1. The predicted octanol–water partition coefficient (Wildman–Crippen LogP) is 2.64. The number of hydrogen-bond donors (Lipinski definition) is 1. The van der Waals surface area contributed by atoms with Crippen LogP contribution in [0.2, 0.25) is 0 Å². The molecule has 2 aromatic carbocycles. The van der Waals surface area contributed by atoms with Crippen molar-refractivity contribution in [2.45, 2.75) is 12.5 Å². The molecular formula is C16H11FN2O2. The second kappa shape index (κ2) is 5.25. The Morgan fingerprint density at radius 3 is 2.90 bits per heavy atom. The van der Waals surface area contributed by atoms with Crippen molar-refractivity contribution >= 4 is 11.6 Å². The first-order valence-electron chi connectivity index (χ1n) is 6.42. The molecule has 0 aromatic heterocycles. The van der Waals surface area contributed by atoms with Gasteiger partial charge in [0.15, 0.2) is 6.10 Å². The molecule has 1 amide bonds. The highest BCUT2D eigenvalue weighted by Gasteiger charge is 2.28. The molecule has 0 fully saturated rings. The highest BCUT2D eigenvalue weighted by atomic mass is 19.1. The number of nitrogens with zero attached hydrogens (tertiary/aromatic N) is 1. The summed E-state index contributed by atoms with van der Waals surface area (Å²) in [7, 11) is 0. The molecule has 1 aliphatic heterocycles. The van der Waals surface area contributed by atoms with Crippen molar-refractivity contribution in [3.63, 3.8) is 0 Å². The van der Waals surface area contributed by atoms with E-state index in [1.165, 1.54) is 12.1 Å². The fourth-order valence-corrected chi connectivity index (χ4v) is 2.24. The highest BCUT2D eigenvalue weighted by molar-refractivity contribution is 5.95. The average Bonchev–Trinajstić information content (AvgIpc) is 2.93. The van der Waals surface area contributed by atoms with E-state index >= 15 is 0 Å². The summed E-state index contributed by atoms with van der Waals surface area (Å²) < 4.78 is 18.8. The maximum atomic E-state index is 13.2. The molecule has 1 unspecified atom stereocenters. The van der Waals surface area contributed by atoms with E-state index in [0.29, 0.717) is 17.9 Å². The lowest BCUT2D eigenvalue weighted by atomic mass is 10.1. The summed E-state index contributed by atoms with van der Waals surface area (Å²) in [6, 6.07) is 13.1. The van der Waals surface area contributed by atoms with Gasteiger partial charge in [-0.25, -0.2) is 4.39 Å². The van der Waals surface area contributed by atoms with Crippen LogP contribution < -0.4 is 10.1 Å². The first-order valence-corrected chi connectivity index (χ1v) is 6.42. The van der Waals surface area contributed by atoms with Crippen molar-refractivity contribution in [1.29, 1.82) is 5.26 Å². The molecule has 1 heterocycles. The lowest BCUT2D eigenvalue weighted by molar-refractivity contribution is -0.122. The van der Waals surface area contributed by atoms with Crippen LogP contribution in [0.15, 0.2) is 42.5 Å². The SMILES string of the molecule is N#Cc1cc(NC(=O)C2Cc3ccccc3O2)ccc1F. The number of carbonyl (C=O) groups excluding carboxylic acids is 1. The third-order valence-corrected chi connectivity index (χ3v) is 3.29. The van der Waals surface area contributed by atoms with E-state index in [2.05, 4.69) is 5.32 Å². The molecule has 0 spiro atoms. The maximum Gasteiger partial charge on any atom is 0.265 e. The van der Waals surface area contributed by atoms with Gasteiger partial charge in [-0.3, -0.25) is 4.79 Å². The van der Waals surface area contributed by atoms with Gasteiger partial charge in [-0.15, -0.1) is 0 Å². The molecule has 0 saturated carbocycles. The van der Waals surface area contributed by atoms with Crippen LogP contribution in [0.25, 0.3) is 0 Å². The van der Waals surface area contributed by atoms with Crippen LogP contribution in [-0.4, -0.2) is 12.0 Å². The number of benzene rings is 2. The van der Waals surface area contributed by atoms with E-state index in [0.717, 1.165) is 11.6 Å². The van der Waals surface area contributed by atoms with Gasteiger partial charge < -0.3 is 10.1 Å². The third-order valence-electron chi connectivity index (χ3n) is 3.29. The zero-order valence-corrected chi connectivity index (χ0v) is 11.0. The molecule has 0 saturated heterocycles. The summed E-state index contributed by atoms with van der Waals surface area (Å²) in [5, 5.41) is 11.4. The summed E-state index contributed by atoms with van der Waals surface area (Å²) >= 11 is 0. The molecule has 0 radical (unpaired) electrons. The molecule has 1 N–H and O–H groups in total. The number of nitrogens with one attached hydrogen (secondary N) is 1. The quantitative estimate of drug-likeness (QED) is 0.921. The molecule has 1 aliphatic rings. The number of para-hydroxylation sites is 1. The standard InChI is InChI=1S/C16H11FN2O2/c17-13-6-5-12(7-11(13)9-18)19-16(20)15-8-10-3-1-2-4-14(10)21-15/h1-7,15H,8H2,(H,19,20). The van der Waals surface area contributed by atoms with E-state index in [9.17, 15) is 9.18 Å². The molecule has 21 heavy (non-hydrogen) atoms. The number of amides is 1. The first-order chi connectivity index (χ1) is 10.2. The lowest BCUT2D eigenvalue weighted by Gasteiger charge is -2.11. The van der Waals surface area contributed by atoms with Gasteiger partial charge in [-0.1, -0.05) is 18.2 Å². The summed E-state index contributed by atoms with van der Waals surface area (Å²) in [6.07, 6.45) is -0.119. The van der Waals surface area contributed by atoms with E-state index in [1.807, 2.05) is 24.3 Å². The number of rotatable bonds is 2. The van der Waals surface area contributed by atoms with Gasteiger partial charge in [0.1, 0.15) is 17.6 Å². The number of halogens is 1. The largest absolute Gasteiger partial charge is 0.480 e. The normalized spacial score (nSPS) is 15.7. The lowest BCUT2D eigenvalue weighted by Crippen LogP contribution is -2.31. The van der Waals surface area contributed by atoms with Crippen LogP contribution in [0.4, 0.5) is 10.1 Å². The first kappa shape index (κ1) is 13.1. The second-order valence-electron chi connectivity index (χ2n) is 4.71. The Balaban J connectivity index is 1.73. The third kappa shape index (κ3) is 2.56. The number of ether oxygens (including phenoxy) is 1. The van der Waals surface area contributed by atoms with Crippen molar-refractivity contribution in [1.82, 2.24) is 0 Å². The van der Waals surface area contributed by atoms with E-state index < -0.39 is 11.9 Å². The Hall–Kier alpha value is -2.87. The fraction of sp³-hybridized carbons (Fsp3) is 0.125. The minimum absolute atomic E-state index is 0.108. The molecule has 3 rings (SSSR count). The van der Waals surface area contributed by atoms with E-state index in [4.69, 9.17) is 10.00 Å². The van der Waals surface area contributed by atoms with Crippen LogP contribution in [0.1, 0.15) is 11.1 Å². The second-order valence-corrected chi connectivity index (χ2v) is 4.71. The van der Waals surface area contributed by atoms with Gasteiger partial charge in [0.05, 0.1) is 5.56 Å². The molecule has 4 nitrogen and oxygen atoms in total. The van der Waals surface area contributed by atoms with Crippen LogP contribution in [-0.2, 0) is 11.2 Å². The van der Waals surface area contributed by atoms with Crippen LogP contribution in [0.5, 0.6) is 5.75 Å². The van der Waals surface area contributed by atoms with Gasteiger partial charge in [0, 0.05) is 12.1 Å². The molecular weight excluding hydrogens is 271 g/mol. The zero-order valence-electron chi connectivity index (χ0n) is 11.0. The summed E-state index contributed by atoms with van der Waals surface area (Å²) in [6.45, 7) is 0. The van der Waals surface area contributed by atoms with Gasteiger partial charge in [-0.2, -0.15) is 5.26 Å². The zero-order chi connectivity index (χ0) is 14.8. The molecule has 104 valence electrons. The van der Waals surface area contributed by atoms with Crippen molar-refractivity contribution in [2.24, 2.45) is 0 Å². The molecule has 0 aliphatic carbocycles. The number of anilines is 1. The van der Waals surface area contributed by atoms with Crippen LogP contribution >= 0.6 is 0 Å². The van der Waals surface area contributed by atoms with Crippen LogP contribution in [0, 0.1) is 17.1 Å². The topological polar surface area (TPSA) is 62.1 Å². The fourth-order valence-electron chi connectivity index (χ4n) is 2.24. The van der Waals surface area contributed by atoms with Crippen LogP contribution in [0.3, 0.4) is 0 Å². The molecule has 1 atom stereocenters. The summed E-state index contributed by atoms with van der Waals surface area (Å²) in [5.74, 6) is -0.226. The summed E-state index contributed by atoms with van der Waals surface area (Å²) in [5.41, 5.74) is 1.25. The smallest absolute Gasteiger partial charge is 0.265 e. The number of hydrogen-bond acceptors (Lipinski definition) is 3. The Morgan fingerprint density at radius 2 is 2.14 bits per heavy atom.